The summed E-state index contributed by atoms with van der Waals surface area (Å²) in [6.45, 7) is 1.15. The maximum absolute atomic E-state index is 12.9. The van der Waals surface area contributed by atoms with Crippen LogP contribution in [-0.2, 0) is 36.0 Å². The Morgan fingerprint density at radius 1 is 0.422 bits per heavy atom. The Kier molecular flexibility index (Phi) is 15.2. The van der Waals surface area contributed by atoms with Crippen LogP contribution in [0.1, 0.15) is 82.8 Å². The third kappa shape index (κ3) is 10.3. The number of hydrogen-bond acceptors (Lipinski definition) is 8. The van der Waals surface area contributed by atoms with Gasteiger partial charge in [0.15, 0.2) is 68.1 Å². The van der Waals surface area contributed by atoms with E-state index in [-0.39, 0.29) is 24.2 Å². The second-order valence-electron chi connectivity index (χ2n) is 21.7. The average Bonchev–Trinajstić information content (AvgIpc) is 1.69. The molecule has 4 aliphatic rings. The molecule has 0 aliphatic carbocycles. The van der Waals surface area contributed by atoms with Gasteiger partial charge in [-0.3, -0.25) is 0 Å². The van der Waals surface area contributed by atoms with Crippen LogP contribution < -0.4 is 38.7 Å². The quantitative estimate of drug-likeness (QED) is 0.0372. The first-order chi connectivity index (χ1) is 44.1. The lowest BCUT2D eigenvalue weighted by Gasteiger charge is -2.25. The molecule has 0 radical (unpaired) electrons. The highest BCUT2D eigenvalue weighted by atomic mass is 35.5. The molecule has 6 bridgehead atoms. The minimum Gasteiger partial charge on any atom is -0.478 e. The van der Waals surface area contributed by atoms with Gasteiger partial charge in [-0.15, -0.1) is 0 Å². The highest BCUT2D eigenvalue weighted by Crippen LogP contribution is 2.41. The highest BCUT2D eigenvalue weighted by Gasteiger charge is 2.38. The van der Waals surface area contributed by atoms with Gasteiger partial charge in [0.2, 0.25) is 22.8 Å². The second kappa shape index (κ2) is 24.2. The van der Waals surface area contributed by atoms with E-state index < -0.39 is 17.6 Å². The molecular formula is C73H57ClN8O8+4. The van der Waals surface area contributed by atoms with E-state index >= 15 is 0 Å². The molecule has 440 valence electrons. The zero-order valence-electron chi connectivity index (χ0n) is 48.8. The fourth-order valence-corrected chi connectivity index (χ4v) is 13.0. The average molecular weight is 1210 g/mol. The predicted octanol–water partition coefficient (Wildman–Crippen LogP) is 9.12. The van der Waals surface area contributed by atoms with Crippen molar-refractivity contribution in [3.63, 3.8) is 0 Å². The van der Waals surface area contributed by atoms with E-state index in [0.717, 1.165) is 56.1 Å². The monoisotopic (exact) mass is 1210 g/mol. The van der Waals surface area contributed by atoms with Crippen molar-refractivity contribution in [1.29, 1.82) is 0 Å². The maximum atomic E-state index is 12.9. The van der Waals surface area contributed by atoms with Crippen LogP contribution in [0.15, 0.2) is 265 Å². The van der Waals surface area contributed by atoms with Gasteiger partial charge in [0.25, 0.3) is 0 Å². The smallest absolute Gasteiger partial charge is 0.336 e. The summed E-state index contributed by atoms with van der Waals surface area (Å²) in [7, 11) is 2.97. The number of nitrogens with zero attached hydrogens (tertiary/aromatic N) is 8. The Bertz CT molecular complexity index is 4930. The molecule has 4 aliphatic heterocycles. The number of carboxylic acids is 2. The number of halogens is 1. The number of aliphatic imine (C=N–C) groups is 2. The topological polar surface area (TPSA) is 162 Å². The van der Waals surface area contributed by atoms with Crippen molar-refractivity contribution >= 4 is 57.3 Å². The number of fused-ring (bicyclic) bond motifs is 2. The Balaban J connectivity index is 1.12. The zero-order valence-corrected chi connectivity index (χ0v) is 49.6. The molecule has 10 heterocycles. The summed E-state index contributed by atoms with van der Waals surface area (Å²) in [6, 6.07) is 62.0. The first-order valence-electron chi connectivity index (χ1n) is 29.2. The van der Waals surface area contributed by atoms with Crippen LogP contribution in [0.4, 0.5) is 0 Å². The SMILES string of the molecule is COOc1ccccc1C[n+]1ccccc1/C1=C2\C=CC(=N2)/C(c2cccc[n+]2Cc2ccccc2OOC)=c2/cc/c3n2C(Cl)n2c1ccc2/C(c1cccc[n+]1Cc1ccccc1C(=O)O)=C1/C=CC(=N1)/C=3c1cccc[n+]1Cc1ccccc1C(=O)O. The van der Waals surface area contributed by atoms with Gasteiger partial charge in [-0.1, -0.05) is 72.3 Å². The molecule has 90 heavy (non-hydrogen) atoms. The van der Waals surface area contributed by atoms with Crippen LogP contribution in [0.25, 0.3) is 22.3 Å². The van der Waals surface area contributed by atoms with Crippen LogP contribution in [-0.4, -0.2) is 56.9 Å². The van der Waals surface area contributed by atoms with Gasteiger partial charge < -0.3 is 29.1 Å². The molecule has 1 unspecified atom stereocenters. The summed E-state index contributed by atoms with van der Waals surface area (Å²) in [5.74, 6) is -0.937. The Morgan fingerprint density at radius 2 is 0.767 bits per heavy atom. The van der Waals surface area contributed by atoms with E-state index in [1.54, 1.807) is 24.3 Å². The van der Waals surface area contributed by atoms with Gasteiger partial charge in [0, 0.05) is 59.7 Å². The summed E-state index contributed by atoms with van der Waals surface area (Å²) < 4.78 is 12.8. The first kappa shape index (κ1) is 56.6. The molecule has 6 aromatic heterocycles. The number of carboxylic acid groups (broad SMARTS) is 2. The molecule has 17 heteroatoms. The Hall–Kier alpha value is -11.2. The molecule has 0 saturated heterocycles. The van der Waals surface area contributed by atoms with Gasteiger partial charge in [0.1, 0.15) is 0 Å². The summed E-state index contributed by atoms with van der Waals surface area (Å²) in [5.41, 5.74) is 12.3. The van der Waals surface area contributed by atoms with Crippen LogP contribution in [0.2, 0.25) is 0 Å². The van der Waals surface area contributed by atoms with Crippen molar-refractivity contribution in [3.8, 4) is 11.5 Å². The molecule has 10 aromatic rings. The fourth-order valence-electron chi connectivity index (χ4n) is 12.6. The van der Waals surface area contributed by atoms with Crippen molar-refractivity contribution < 1.29 is 57.6 Å². The maximum Gasteiger partial charge on any atom is 0.336 e. The predicted molar refractivity (Wildman–Crippen MR) is 337 cm³/mol. The van der Waals surface area contributed by atoms with Gasteiger partial charge in [-0.2, -0.15) is 28.0 Å². The number of aromatic nitrogens is 6. The number of rotatable bonds is 18. The summed E-state index contributed by atoms with van der Waals surface area (Å²) in [4.78, 5) is 59.1. The number of hydrogen-bond donors (Lipinski definition) is 2. The van der Waals surface area contributed by atoms with Gasteiger partial charge in [0.05, 0.1) is 104 Å². The minimum absolute atomic E-state index is 0.187. The van der Waals surface area contributed by atoms with E-state index in [4.69, 9.17) is 41.1 Å². The number of allylic oxidation sites excluding steroid dienone is 4. The molecule has 0 spiro atoms. The van der Waals surface area contributed by atoms with Gasteiger partial charge in [-0.05, 0) is 109 Å². The number of para-hydroxylation sites is 2. The molecular weight excluding hydrogens is 1150 g/mol. The lowest BCUT2D eigenvalue weighted by atomic mass is 10.0. The van der Waals surface area contributed by atoms with Crippen molar-refractivity contribution in [2.45, 2.75) is 31.8 Å². The number of carbonyl (C=O) groups is 2. The zero-order chi connectivity index (χ0) is 61.4. The fraction of sp³-hybridized carbons (Fsp3) is 0.0959. The van der Waals surface area contributed by atoms with Gasteiger partial charge in [-0.25, -0.2) is 19.6 Å². The van der Waals surface area contributed by atoms with Crippen molar-refractivity contribution in [3.05, 3.63) is 333 Å². The normalized spacial score (nSPS) is 17.4. The van der Waals surface area contributed by atoms with E-state index in [2.05, 4.69) is 76.0 Å². The molecule has 0 fully saturated rings. The number of benzene rings is 4. The van der Waals surface area contributed by atoms with Crippen LogP contribution >= 0.6 is 11.6 Å². The molecule has 0 saturated carbocycles. The molecule has 2 N–H and O–H groups in total. The second-order valence-corrected chi connectivity index (χ2v) is 22.1. The van der Waals surface area contributed by atoms with Gasteiger partial charge >= 0.3 is 11.9 Å². The summed E-state index contributed by atoms with van der Waals surface area (Å²) in [5, 5.41) is 22.5. The summed E-state index contributed by atoms with van der Waals surface area (Å²) in [6.07, 6.45) is 16.2. The van der Waals surface area contributed by atoms with E-state index in [9.17, 15) is 19.8 Å². The number of alkyl halides is 1. The number of aromatic carboxylic acids is 2. The van der Waals surface area contributed by atoms with Crippen molar-refractivity contribution in [1.82, 2.24) is 9.13 Å². The van der Waals surface area contributed by atoms with Crippen LogP contribution in [0.3, 0.4) is 0 Å². The minimum atomic E-state index is -1.09. The largest absolute Gasteiger partial charge is 0.478 e. The van der Waals surface area contributed by atoms with Crippen molar-refractivity contribution in [2.24, 2.45) is 9.98 Å². The third-order valence-corrected chi connectivity index (χ3v) is 16.9. The molecule has 16 nitrogen and oxygen atoms in total. The number of pyridine rings is 4. The molecule has 4 aromatic carbocycles. The van der Waals surface area contributed by atoms with E-state index in [1.807, 2.05) is 170 Å². The lowest BCUT2D eigenvalue weighted by Crippen LogP contribution is -2.44. The lowest BCUT2D eigenvalue weighted by molar-refractivity contribution is -0.690. The van der Waals surface area contributed by atoms with Crippen molar-refractivity contribution in [2.75, 3.05) is 14.2 Å². The van der Waals surface area contributed by atoms with Crippen LogP contribution in [0.5, 0.6) is 11.5 Å². The molecule has 14 rings (SSSR count). The first-order valence-corrected chi connectivity index (χ1v) is 29.6. The molecule has 1 atom stereocenters. The summed E-state index contributed by atoms with van der Waals surface area (Å²) >= 11 is 8.77. The van der Waals surface area contributed by atoms with E-state index in [1.165, 1.54) is 14.2 Å². The van der Waals surface area contributed by atoms with E-state index in [0.29, 0.717) is 80.7 Å². The van der Waals surface area contributed by atoms with Crippen LogP contribution in [0, 0.1) is 0 Å². The Labute approximate surface area is 521 Å². The Morgan fingerprint density at radius 3 is 1.16 bits per heavy atom. The highest BCUT2D eigenvalue weighted by molar-refractivity contribution is 6.31. The molecule has 0 amide bonds. The third-order valence-electron chi connectivity index (χ3n) is 16.5. The standard InChI is InChI=1S/C73H55ClN8O8/c1-87-89-65-29-9-5-21-49(65)45-79-41-17-13-27-59(79)69-55-33-34-56(76-55)70(60-28-14-18-42-80(60)46-50-22-6-10-30-66(50)90-88-2)64-38-36-62-68(58-26-12-16-40-78(58)44-48-20-4-8-24-52(48)72(85)86)54-32-31-53(75-54)67(61-35-37-63(69)81(61)73(74)82(62)64)57-25-11-15-39-77(57)43-47-19-3-7-23-51(47)71(83)84/h3-42,73H,43-46H2,1-2H3/q+2/p+2/b67-53-,67-61?,68-54?,68-62-,69-55-,69-63?,70-56?,70-64+.